The number of methoxy groups -OCH3 is 3. The van der Waals surface area contributed by atoms with Crippen molar-refractivity contribution in [3.8, 4) is 5.75 Å². The molecule has 0 spiro atoms. The zero-order valence-corrected chi connectivity index (χ0v) is 49.2. The zero-order chi connectivity index (χ0) is 55.5. The molecule has 74 heavy (non-hydrogen) atoms. The van der Waals surface area contributed by atoms with Gasteiger partial charge in [0, 0.05) is 72.8 Å². The van der Waals surface area contributed by atoms with Gasteiger partial charge in [-0.3, -0.25) is 9.59 Å². The molecule has 0 bridgehead atoms. The summed E-state index contributed by atoms with van der Waals surface area (Å²) in [5.41, 5.74) is 2.59. The molecule has 1 saturated heterocycles. The fourth-order valence-electron chi connectivity index (χ4n) is 7.41. The molecule has 418 valence electrons. The SMILES string of the molecule is C=CC(=O)OCCCOCC[C@H](CC(=O)OCOCC[Si](C)(C)C)O[Si](C)(C)C(C)(C)C.COC(=O)/C=C1\C[C@@H](C[C@@H](OCc2ccc(OC)cc2)[C@@H](C)OCc2ccccc2)O[C@@](OC)(C(C)C)[C@H]1OC(C)=O. The van der Waals surface area contributed by atoms with Crippen LogP contribution in [0.1, 0.15) is 91.7 Å². The highest BCUT2D eigenvalue weighted by Crippen LogP contribution is 2.43. The van der Waals surface area contributed by atoms with Gasteiger partial charge in [0.05, 0.1) is 64.9 Å². The number of hydrogen-bond donors (Lipinski definition) is 0. The van der Waals surface area contributed by atoms with Crippen molar-refractivity contribution in [1.82, 2.24) is 0 Å². The minimum atomic E-state index is -2.05. The van der Waals surface area contributed by atoms with Crippen molar-refractivity contribution in [2.24, 2.45) is 5.92 Å². The Morgan fingerprint density at radius 2 is 1.47 bits per heavy atom. The summed E-state index contributed by atoms with van der Waals surface area (Å²) in [4.78, 5) is 47.9. The molecule has 0 radical (unpaired) electrons. The van der Waals surface area contributed by atoms with Crippen molar-refractivity contribution < 1.29 is 75.7 Å². The Balaban J connectivity index is 0.000000528. The highest BCUT2D eigenvalue weighted by atomic mass is 28.4. The number of rotatable bonds is 31. The molecule has 18 heteroatoms. The monoisotopic (exact) mass is 1070 g/mol. The lowest BCUT2D eigenvalue weighted by molar-refractivity contribution is -0.322. The standard InChI is InChI=1S/C33H44O9.C23H46O7Si2/c1-22(2)33(38-7)32(41-24(4)34)27(18-31(35)37-6)17-29(42-33)19-30(23(3)39-20-25-11-9-8-10-12-25)40-21-26-13-15-28(36-5)16-14-26;1-10-21(24)28-14-11-13-26-15-12-20(30-32(8,9)23(2,3)4)18-22(25)29-19-27-16-17-31(5,6)7/h8-16,18,22-23,29-30,32H,17,19-21H2,1-7H3;10,20H,1,11-19H2,2-9H3/b27-18+;/t23-,29+,30-,32+,33+;20-/m11/s1. The van der Waals surface area contributed by atoms with Crippen LogP contribution in [0.4, 0.5) is 0 Å². The van der Waals surface area contributed by atoms with Crippen molar-refractivity contribution in [2.75, 3.05) is 54.5 Å². The molecule has 16 nitrogen and oxygen atoms in total. The van der Waals surface area contributed by atoms with E-state index in [-0.39, 0.29) is 48.5 Å². The van der Waals surface area contributed by atoms with Gasteiger partial charge < -0.3 is 56.5 Å². The molecular weight excluding hydrogens is 985 g/mol. The second-order valence-corrected chi connectivity index (χ2v) is 31.8. The number of carbonyl (C=O) groups excluding carboxylic acids is 4. The summed E-state index contributed by atoms with van der Waals surface area (Å²) in [5.74, 6) is -2.62. The third kappa shape index (κ3) is 24.6. The Kier molecular flexibility index (Phi) is 29.4. The van der Waals surface area contributed by atoms with E-state index < -0.39 is 52.3 Å². The van der Waals surface area contributed by atoms with Gasteiger partial charge in [-0.1, -0.05) is 103 Å². The van der Waals surface area contributed by atoms with E-state index in [9.17, 15) is 19.2 Å². The lowest BCUT2D eigenvalue weighted by Crippen LogP contribution is -2.59. The Hall–Kier alpha value is -4.25. The zero-order valence-electron chi connectivity index (χ0n) is 47.2. The number of carbonyl (C=O) groups is 4. The molecule has 0 unspecified atom stereocenters. The van der Waals surface area contributed by atoms with E-state index in [1.54, 1.807) is 7.11 Å². The number of esters is 4. The van der Waals surface area contributed by atoms with Crippen molar-refractivity contribution >= 4 is 40.3 Å². The number of hydrogen-bond acceptors (Lipinski definition) is 16. The first-order valence-corrected chi connectivity index (χ1v) is 32.3. The topological polar surface area (TPSA) is 179 Å². The van der Waals surface area contributed by atoms with Crippen LogP contribution >= 0.6 is 0 Å². The van der Waals surface area contributed by atoms with E-state index in [0.717, 1.165) is 29.0 Å². The molecule has 1 aliphatic heterocycles. The van der Waals surface area contributed by atoms with E-state index in [1.807, 2.05) is 75.4 Å². The summed E-state index contributed by atoms with van der Waals surface area (Å²) >= 11 is 0. The van der Waals surface area contributed by atoms with Gasteiger partial charge in [-0.2, -0.15) is 0 Å². The molecule has 0 aromatic heterocycles. The van der Waals surface area contributed by atoms with Gasteiger partial charge in [0.25, 0.3) is 0 Å². The molecule has 2 aromatic rings. The normalized spacial score (nSPS) is 18.8. The van der Waals surface area contributed by atoms with Gasteiger partial charge in [0.1, 0.15) is 5.75 Å². The van der Waals surface area contributed by atoms with Gasteiger partial charge in [-0.15, -0.1) is 0 Å². The molecule has 1 heterocycles. The maximum absolute atomic E-state index is 12.4. The van der Waals surface area contributed by atoms with Crippen LogP contribution in [0.15, 0.2) is 78.9 Å². The van der Waals surface area contributed by atoms with Crippen LogP contribution in [0.3, 0.4) is 0 Å². The lowest BCUT2D eigenvalue weighted by atomic mass is 9.83. The molecule has 0 aliphatic carbocycles. The van der Waals surface area contributed by atoms with Crippen LogP contribution in [-0.4, -0.2) is 131 Å². The molecule has 3 rings (SSSR count). The molecule has 1 fully saturated rings. The van der Waals surface area contributed by atoms with Crippen LogP contribution in [0, 0.1) is 5.92 Å². The highest BCUT2D eigenvalue weighted by molar-refractivity contribution is 6.76. The quantitative estimate of drug-likeness (QED) is 0.0174. The summed E-state index contributed by atoms with van der Waals surface area (Å²) in [6.07, 6.45) is 2.26. The minimum absolute atomic E-state index is 0.0178. The van der Waals surface area contributed by atoms with Gasteiger partial charge in [-0.25, -0.2) is 9.59 Å². The molecule has 6 atom stereocenters. The fraction of sp³-hybridized carbons (Fsp3) is 0.643. The summed E-state index contributed by atoms with van der Waals surface area (Å²) in [5, 5.41) is 0.0327. The first-order chi connectivity index (χ1) is 34.8. The van der Waals surface area contributed by atoms with Crippen LogP contribution in [-0.2, 0) is 84.2 Å². The predicted molar refractivity (Wildman–Crippen MR) is 290 cm³/mol. The molecule has 0 saturated carbocycles. The Morgan fingerprint density at radius 3 is 2.04 bits per heavy atom. The van der Waals surface area contributed by atoms with E-state index >= 15 is 0 Å². The average Bonchev–Trinajstić information content (AvgIpc) is 3.34. The van der Waals surface area contributed by atoms with E-state index in [4.69, 9.17) is 56.5 Å². The Bertz CT molecular complexity index is 2000. The molecular formula is C56H90O16Si2. The lowest BCUT2D eigenvalue weighted by Gasteiger charge is -2.49. The van der Waals surface area contributed by atoms with E-state index in [0.29, 0.717) is 70.9 Å². The minimum Gasteiger partial charge on any atom is -0.497 e. The van der Waals surface area contributed by atoms with Crippen LogP contribution in [0.2, 0.25) is 43.8 Å². The maximum atomic E-state index is 12.4. The molecule has 0 amide bonds. The van der Waals surface area contributed by atoms with Crippen LogP contribution < -0.4 is 4.74 Å². The highest BCUT2D eigenvalue weighted by Gasteiger charge is 2.53. The smallest absolute Gasteiger partial charge is 0.330 e. The van der Waals surface area contributed by atoms with Crippen molar-refractivity contribution in [2.45, 2.75) is 174 Å². The van der Waals surface area contributed by atoms with Gasteiger partial charge in [0.2, 0.25) is 5.79 Å². The van der Waals surface area contributed by atoms with Crippen molar-refractivity contribution in [3.05, 3.63) is 90.0 Å². The van der Waals surface area contributed by atoms with Crippen molar-refractivity contribution in [3.63, 3.8) is 0 Å². The first-order valence-electron chi connectivity index (χ1n) is 25.7. The van der Waals surface area contributed by atoms with Crippen molar-refractivity contribution in [1.29, 1.82) is 0 Å². The summed E-state index contributed by atoms with van der Waals surface area (Å²) in [6, 6.07) is 18.7. The van der Waals surface area contributed by atoms with E-state index in [2.05, 4.69) is 60.1 Å². The Labute approximate surface area is 444 Å². The average molecular weight is 1080 g/mol. The fourth-order valence-corrected chi connectivity index (χ4v) is 9.55. The molecule has 2 aromatic carbocycles. The third-order valence-electron chi connectivity index (χ3n) is 12.8. The summed E-state index contributed by atoms with van der Waals surface area (Å²) in [6.45, 7) is 30.7. The van der Waals surface area contributed by atoms with Crippen LogP contribution in [0.5, 0.6) is 5.75 Å². The largest absolute Gasteiger partial charge is 0.497 e. The summed E-state index contributed by atoms with van der Waals surface area (Å²) < 4.78 is 69.0. The second kappa shape index (κ2) is 33.0. The Morgan fingerprint density at radius 1 is 0.824 bits per heavy atom. The predicted octanol–water partition coefficient (Wildman–Crippen LogP) is 10.5. The van der Waals surface area contributed by atoms with Gasteiger partial charge >= 0.3 is 23.9 Å². The summed E-state index contributed by atoms with van der Waals surface area (Å²) in [7, 11) is 1.23. The number of ether oxygens (including phenoxy) is 11. The number of benzene rings is 2. The van der Waals surface area contributed by atoms with E-state index in [1.165, 1.54) is 27.2 Å². The van der Waals surface area contributed by atoms with Gasteiger partial charge in [0.15, 0.2) is 21.2 Å². The molecule has 1 aliphatic rings. The van der Waals surface area contributed by atoms with Crippen LogP contribution in [0.25, 0.3) is 0 Å². The molecule has 0 N–H and O–H groups in total. The maximum Gasteiger partial charge on any atom is 0.330 e. The third-order valence-corrected chi connectivity index (χ3v) is 19.1. The second-order valence-electron chi connectivity index (χ2n) is 21.4. The first kappa shape index (κ1) is 65.9. The van der Waals surface area contributed by atoms with Gasteiger partial charge in [-0.05, 0) is 72.8 Å².